The molecule has 0 radical (unpaired) electrons. The van der Waals surface area contributed by atoms with Crippen molar-refractivity contribution in [2.24, 2.45) is 0 Å². The Kier molecular flexibility index (Phi) is 3.56. The number of halogens is 3. The Bertz CT molecular complexity index is 610. The molecule has 0 fully saturated rings. The zero-order valence-electron chi connectivity index (χ0n) is 9.45. The van der Waals surface area contributed by atoms with Crippen molar-refractivity contribution in [1.82, 2.24) is 9.78 Å². The summed E-state index contributed by atoms with van der Waals surface area (Å²) in [6.07, 6.45) is 1.45. The average molecular weight is 315 g/mol. The summed E-state index contributed by atoms with van der Waals surface area (Å²) in [5.41, 5.74) is -0.0899. The van der Waals surface area contributed by atoms with Crippen molar-refractivity contribution in [2.45, 2.75) is 13.5 Å². The van der Waals surface area contributed by atoms with Crippen molar-refractivity contribution in [3.63, 3.8) is 0 Å². The first-order valence-corrected chi connectivity index (χ1v) is 6.05. The molecular weight excluding hydrogens is 306 g/mol. The van der Waals surface area contributed by atoms with Crippen molar-refractivity contribution in [3.8, 4) is 0 Å². The number of benzene rings is 1. The Hall–Kier alpha value is -1.56. The van der Waals surface area contributed by atoms with Crippen LogP contribution < -0.4 is 0 Å². The second-order valence-electron chi connectivity index (χ2n) is 3.61. The summed E-state index contributed by atoms with van der Waals surface area (Å²) < 4.78 is 28.5. The first kappa shape index (κ1) is 12.9. The lowest BCUT2D eigenvalue weighted by molar-refractivity contribution is 0.102. The third-order valence-corrected chi connectivity index (χ3v) is 3.06. The highest BCUT2D eigenvalue weighted by Crippen LogP contribution is 2.21. The molecule has 0 amide bonds. The largest absolute Gasteiger partial charge is 0.287 e. The lowest BCUT2D eigenvalue weighted by Gasteiger charge is -2.06. The Labute approximate surface area is 111 Å². The summed E-state index contributed by atoms with van der Waals surface area (Å²) in [5, 5.41) is 3.97. The maximum atomic E-state index is 13.5. The third-order valence-electron chi connectivity index (χ3n) is 2.48. The molecule has 2 rings (SSSR count). The number of aryl methyl sites for hydroxylation is 1. The number of hydrogen-bond acceptors (Lipinski definition) is 2. The highest BCUT2D eigenvalue weighted by molar-refractivity contribution is 9.10. The van der Waals surface area contributed by atoms with Crippen LogP contribution in [0.15, 0.2) is 28.9 Å². The minimum atomic E-state index is -0.753. The summed E-state index contributed by atoms with van der Waals surface area (Å²) in [7, 11) is 0. The summed E-state index contributed by atoms with van der Waals surface area (Å²) in [6.45, 7) is 2.27. The van der Waals surface area contributed by atoms with E-state index in [1.807, 2.05) is 0 Å². The van der Waals surface area contributed by atoms with Crippen molar-refractivity contribution in [2.75, 3.05) is 0 Å². The maximum absolute atomic E-state index is 13.5. The zero-order valence-corrected chi connectivity index (χ0v) is 11.0. The summed E-state index contributed by atoms with van der Waals surface area (Å²) >= 11 is 3.18. The van der Waals surface area contributed by atoms with Gasteiger partial charge in [0.1, 0.15) is 17.3 Å². The minimum Gasteiger partial charge on any atom is -0.287 e. The van der Waals surface area contributed by atoms with E-state index in [1.165, 1.54) is 10.9 Å². The van der Waals surface area contributed by atoms with Gasteiger partial charge in [-0.05, 0) is 41.1 Å². The highest BCUT2D eigenvalue weighted by atomic mass is 79.9. The number of rotatable bonds is 3. The van der Waals surface area contributed by atoms with Gasteiger partial charge in [-0.3, -0.25) is 9.48 Å². The van der Waals surface area contributed by atoms with Gasteiger partial charge in [-0.25, -0.2) is 8.78 Å². The number of aromatic nitrogens is 2. The molecule has 0 spiro atoms. The normalized spacial score (nSPS) is 10.7. The summed E-state index contributed by atoms with van der Waals surface area (Å²) in [6, 6.07) is 2.79. The van der Waals surface area contributed by atoms with Gasteiger partial charge in [0.25, 0.3) is 0 Å². The second kappa shape index (κ2) is 4.97. The summed E-state index contributed by atoms with van der Waals surface area (Å²) in [4.78, 5) is 12.2. The zero-order chi connectivity index (χ0) is 13.3. The molecule has 6 heteroatoms. The van der Waals surface area contributed by atoms with Gasteiger partial charge in [0.15, 0.2) is 0 Å². The van der Waals surface area contributed by atoms with Crippen molar-refractivity contribution in [1.29, 1.82) is 0 Å². The van der Waals surface area contributed by atoms with E-state index in [2.05, 4.69) is 21.0 Å². The van der Waals surface area contributed by atoms with Gasteiger partial charge in [-0.1, -0.05) is 0 Å². The molecule has 1 aromatic carbocycles. The van der Waals surface area contributed by atoms with Crippen LogP contribution in [0.25, 0.3) is 0 Å². The van der Waals surface area contributed by atoms with Crippen LogP contribution in [0.4, 0.5) is 8.78 Å². The number of nitrogens with zero attached hydrogens (tertiary/aromatic N) is 2. The fourth-order valence-corrected chi connectivity index (χ4v) is 2.10. The molecule has 3 nitrogen and oxygen atoms in total. The molecule has 2 aromatic rings. The van der Waals surface area contributed by atoms with Crippen LogP contribution in [-0.4, -0.2) is 15.6 Å². The van der Waals surface area contributed by atoms with Gasteiger partial charge in [0, 0.05) is 6.54 Å². The van der Waals surface area contributed by atoms with Crippen LogP contribution in [-0.2, 0) is 6.54 Å². The fraction of sp³-hybridized carbons (Fsp3) is 0.167. The van der Waals surface area contributed by atoms with Crippen LogP contribution in [0.5, 0.6) is 0 Å². The molecule has 18 heavy (non-hydrogen) atoms. The maximum Gasteiger partial charge on any atom is 0.215 e. The van der Waals surface area contributed by atoms with Gasteiger partial charge >= 0.3 is 0 Å². The van der Waals surface area contributed by atoms with E-state index in [0.717, 1.165) is 18.2 Å². The van der Waals surface area contributed by atoms with Gasteiger partial charge in [0.05, 0.1) is 16.2 Å². The van der Waals surface area contributed by atoms with E-state index in [1.54, 1.807) is 6.92 Å². The molecule has 0 saturated heterocycles. The SMILES string of the molecule is CCn1ncc(Br)c1C(=O)c1cc(F)ccc1F. The van der Waals surface area contributed by atoms with E-state index >= 15 is 0 Å². The fourth-order valence-electron chi connectivity index (χ4n) is 1.63. The number of carbonyl (C=O) groups is 1. The third kappa shape index (κ3) is 2.20. The van der Waals surface area contributed by atoms with Crippen LogP contribution in [0.3, 0.4) is 0 Å². The molecule has 0 N–H and O–H groups in total. The van der Waals surface area contributed by atoms with Crippen molar-refractivity contribution < 1.29 is 13.6 Å². The quantitative estimate of drug-likeness (QED) is 0.816. The van der Waals surface area contributed by atoms with Gasteiger partial charge in [-0.15, -0.1) is 0 Å². The number of hydrogen-bond donors (Lipinski definition) is 0. The van der Waals surface area contributed by atoms with Crippen molar-refractivity contribution >= 4 is 21.7 Å². The van der Waals surface area contributed by atoms with E-state index in [9.17, 15) is 13.6 Å². The molecule has 0 aliphatic heterocycles. The average Bonchev–Trinajstić information content (AvgIpc) is 2.72. The molecule has 1 aromatic heterocycles. The Morgan fingerprint density at radius 2 is 2.17 bits per heavy atom. The van der Waals surface area contributed by atoms with Crippen LogP contribution >= 0.6 is 15.9 Å². The molecule has 0 bridgehead atoms. The van der Waals surface area contributed by atoms with E-state index < -0.39 is 17.4 Å². The lowest BCUT2D eigenvalue weighted by Crippen LogP contribution is -2.13. The molecule has 0 unspecified atom stereocenters. The van der Waals surface area contributed by atoms with Gasteiger partial charge in [0.2, 0.25) is 5.78 Å². The molecule has 1 heterocycles. The first-order valence-electron chi connectivity index (χ1n) is 5.25. The predicted octanol–water partition coefficient (Wildman–Crippen LogP) is 3.17. The minimum absolute atomic E-state index is 0.210. The predicted molar refractivity (Wildman–Crippen MR) is 65.4 cm³/mol. The first-order chi connectivity index (χ1) is 8.54. The number of carbonyl (C=O) groups excluding carboxylic acids is 1. The van der Waals surface area contributed by atoms with Crippen LogP contribution in [0, 0.1) is 11.6 Å². The van der Waals surface area contributed by atoms with E-state index in [0.29, 0.717) is 11.0 Å². The molecule has 0 saturated carbocycles. The topological polar surface area (TPSA) is 34.9 Å². The number of ketones is 1. The molecule has 94 valence electrons. The standard InChI is InChI=1S/C12H9BrF2N2O/c1-2-17-11(9(13)6-16-17)12(18)8-5-7(14)3-4-10(8)15/h3-6H,2H2,1H3. The van der Waals surface area contributed by atoms with E-state index in [-0.39, 0.29) is 11.3 Å². The van der Waals surface area contributed by atoms with Gasteiger partial charge < -0.3 is 0 Å². The lowest BCUT2D eigenvalue weighted by atomic mass is 10.1. The van der Waals surface area contributed by atoms with Crippen LogP contribution in [0.2, 0.25) is 0 Å². The molecular formula is C12H9BrF2N2O. The second-order valence-corrected chi connectivity index (χ2v) is 4.46. The Morgan fingerprint density at radius 1 is 1.44 bits per heavy atom. The Balaban J connectivity index is 2.54. The molecule has 0 aliphatic rings. The summed E-state index contributed by atoms with van der Waals surface area (Å²) in [5.74, 6) is -2.01. The van der Waals surface area contributed by atoms with Gasteiger partial charge in [-0.2, -0.15) is 5.10 Å². The molecule has 0 aliphatic carbocycles. The monoisotopic (exact) mass is 314 g/mol. The Morgan fingerprint density at radius 3 is 2.83 bits per heavy atom. The van der Waals surface area contributed by atoms with Crippen molar-refractivity contribution in [3.05, 3.63) is 51.8 Å². The van der Waals surface area contributed by atoms with E-state index in [4.69, 9.17) is 0 Å². The van der Waals surface area contributed by atoms with Crippen LogP contribution in [0.1, 0.15) is 23.0 Å². The molecule has 0 atom stereocenters. The highest BCUT2D eigenvalue weighted by Gasteiger charge is 2.21. The smallest absolute Gasteiger partial charge is 0.215 e.